The summed E-state index contributed by atoms with van der Waals surface area (Å²) < 4.78 is 28.3. The zero-order valence-electron chi connectivity index (χ0n) is 19.0. The largest absolute Gasteiger partial charge is 0.350 e. The van der Waals surface area contributed by atoms with E-state index in [1.54, 1.807) is 49.4 Å². The van der Waals surface area contributed by atoms with Crippen LogP contribution in [0.3, 0.4) is 0 Å². The molecule has 0 bridgehead atoms. The van der Waals surface area contributed by atoms with Crippen molar-refractivity contribution in [3.63, 3.8) is 0 Å². The van der Waals surface area contributed by atoms with Gasteiger partial charge in [-0.3, -0.25) is 9.10 Å². The van der Waals surface area contributed by atoms with E-state index in [4.69, 9.17) is 11.6 Å². The molecule has 0 spiro atoms. The van der Waals surface area contributed by atoms with E-state index in [9.17, 15) is 13.2 Å². The van der Waals surface area contributed by atoms with Gasteiger partial charge < -0.3 is 5.32 Å². The molecule has 0 aliphatic rings. The van der Waals surface area contributed by atoms with Gasteiger partial charge in [0.25, 0.3) is 10.0 Å². The number of aryl methyl sites for hydroxylation is 2. The standard InChI is InChI=1S/C27H25ClN2O3S/c1-19-7-13-25(14-8-19)34(32,33)30(26-16-24(28)12-9-20(26)2)18-27(31)29-17-21-10-11-22-5-3-4-6-23(22)15-21/h3-16H,17-18H2,1-2H3,(H,29,31). The Kier molecular flexibility index (Phi) is 6.91. The van der Waals surface area contributed by atoms with E-state index in [0.29, 0.717) is 16.3 Å². The summed E-state index contributed by atoms with van der Waals surface area (Å²) in [5.41, 5.74) is 2.94. The monoisotopic (exact) mass is 492 g/mol. The number of halogens is 1. The molecule has 7 heteroatoms. The molecular formula is C27H25ClN2O3S. The second kappa shape index (κ2) is 9.87. The Hall–Kier alpha value is -3.35. The second-order valence-electron chi connectivity index (χ2n) is 8.21. The van der Waals surface area contributed by atoms with Gasteiger partial charge in [-0.15, -0.1) is 0 Å². The number of anilines is 1. The number of hydrogen-bond acceptors (Lipinski definition) is 3. The predicted molar refractivity (Wildman–Crippen MR) is 138 cm³/mol. The van der Waals surface area contributed by atoms with E-state index in [1.165, 1.54) is 0 Å². The molecule has 0 unspecified atom stereocenters. The Bertz CT molecular complexity index is 1450. The van der Waals surface area contributed by atoms with E-state index < -0.39 is 15.9 Å². The van der Waals surface area contributed by atoms with Crippen molar-refractivity contribution in [3.8, 4) is 0 Å². The maximum atomic E-state index is 13.6. The average molecular weight is 493 g/mol. The summed E-state index contributed by atoms with van der Waals surface area (Å²) in [5, 5.41) is 5.43. The summed E-state index contributed by atoms with van der Waals surface area (Å²) in [6, 6.07) is 25.5. The van der Waals surface area contributed by atoms with Gasteiger partial charge in [0.15, 0.2) is 0 Å². The fourth-order valence-electron chi connectivity index (χ4n) is 3.72. The quantitative estimate of drug-likeness (QED) is 0.364. The molecule has 0 atom stereocenters. The molecule has 0 radical (unpaired) electrons. The highest BCUT2D eigenvalue weighted by atomic mass is 35.5. The first kappa shape index (κ1) is 23.8. The van der Waals surface area contributed by atoms with Crippen LogP contribution in [0.15, 0.2) is 89.8 Å². The molecule has 0 aliphatic carbocycles. The minimum absolute atomic E-state index is 0.111. The van der Waals surface area contributed by atoms with E-state index in [-0.39, 0.29) is 18.0 Å². The number of carbonyl (C=O) groups is 1. The molecule has 0 saturated carbocycles. The Morgan fingerprint density at radius 2 is 1.59 bits per heavy atom. The van der Waals surface area contributed by atoms with Gasteiger partial charge >= 0.3 is 0 Å². The molecule has 5 nitrogen and oxygen atoms in total. The highest BCUT2D eigenvalue weighted by molar-refractivity contribution is 7.92. The lowest BCUT2D eigenvalue weighted by Crippen LogP contribution is -2.41. The number of nitrogens with one attached hydrogen (secondary N) is 1. The molecule has 4 aromatic rings. The molecule has 1 amide bonds. The van der Waals surface area contributed by atoms with Crippen LogP contribution in [0.1, 0.15) is 16.7 Å². The third-order valence-electron chi connectivity index (χ3n) is 5.64. The molecule has 174 valence electrons. The zero-order chi connectivity index (χ0) is 24.3. The van der Waals surface area contributed by atoms with Crippen molar-refractivity contribution in [2.75, 3.05) is 10.8 Å². The Morgan fingerprint density at radius 1 is 0.882 bits per heavy atom. The van der Waals surface area contributed by atoms with Crippen molar-refractivity contribution in [1.29, 1.82) is 0 Å². The van der Waals surface area contributed by atoms with Gasteiger partial charge in [0.1, 0.15) is 6.54 Å². The minimum atomic E-state index is -4.00. The Labute approximate surface area is 205 Å². The number of sulfonamides is 1. The molecule has 0 saturated heterocycles. The van der Waals surface area contributed by atoms with Crippen LogP contribution in [0, 0.1) is 13.8 Å². The highest BCUT2D eigenvalue weighted by Gasteiger charge is 2.28. The molecule has 0 fully saturated rings. The van der Waals surface area contributed by atoms with Gasteiger partial charge in [-0.2, -0.15) is 0 Å². The maximum Gasteiger partial charge on any atom is 0.264 e. The highest BCUT2D eigenvalue weighted by Crippen LogP contribution is 2.29. The molecule has 0 aliphatic heterocycles. The van der Waals surface area contributed by atoms with Crippen LogP contribution in [0.2, 0.25) is 5.02 Å². The van der Waals surface area contributed by atoms with Crippen LogP contribution in [0.5, 0.6) is 0 Å². The second-order valence-corrected chi connectivity index (χ2v) is 10.5. The predicted octanol–water partition coefficient (Wildman–Crippen LogP) is 5.62. The number of hydrogen-bond donors (Lipinski definition) is 1. The Balaban J connectivity index is 1.60. The van der Waals surface area contributed by atoms with Crippen molar-refractivity contribution in [2.24, 2.45) is 0 Å². The fourth-order valence-corrected chi connectivity index (χ4v) is 5.37. The van der Waals surface area contributed by atoms with E-state index >= 15 is 0 Å². The minimum Gasteiger partial charge on any atom is -0.350 e. The number of amides is 1. The van der Waals surface area contributed by atoms with Crippen LogP contribution < -0.4 is 9.62 Å². The SMILES string of the molecule is Cc1ccc(S(=O)(=O)N(CC(=O)NCc2ccc3ccccc3c2)c2cc(Cl)ccc2C)cc1. The number of benzene rings is 4. The lowest BCUT2D eigenvalue weighted by atomic mass is 10.1. The van der Waals surface area contributed by atoms with Gasteiger partial charge in [-0.05, 0) is 66.1 Å². The van der Waals surface area contributed by atoms with Gasteiger partial charge in [0.2, 0.25) is 5.91 Å². The number of rotatable bonds is 7. The molecule has 4 rings (SSSR count). The normalized spacial score (nSPS) is 11.4. The number of nitrogens with zero attached hydrogens (tertiary/aromatic N) is 1. The molecular weight excluding hydrogens is 468 g/mol. The van der Waals surface area contributed by atoms with Crippen LogP contribution in [0.4, 0.5) is 5.69 Å². The van der Waals surface area contributed by atoms with Crippen molar-refractivity contribution in [3.05, 3.63) is 107 Å². The molecule has 0 aromatic heterocycles. The van der Waals surface area contributed by atoms with Crippen molar-refractivity contribution in [2.45, 2.75) is 25.3 Å². The third-order valence-corrected chi connectivity index (χ3v) is 7.65. The summed E-state index contributed by atoms with van der Waals surface area (Å²) in [6.07, 6.45) is 0. The summed E-state index contributed by atoms with van der Waals surface area (Å²) >= 11 is 6.18. The lowest BCUT2D eigenvalue weighted by Gasteiger charge is -2.26. The third kappa shape index (κ3) is 5.24. The lowest BCUT2D eigenvalue weighted by molar-refractivity contribution is -0.119. The number of carbonyl (C=O) groups excluding carboxylic acids is 1. The molecule has 1 N–H and O–H groups in total. The van der Waals surface area contributed by atoms with Crippen molar-refractivity contribution < 1.29 is 13.2 Å². The van der Waals surface area contributed by atoms with Gasteiger partial charge in [-0.25, -0.2) is 8.42 Å². The van der Waals surface area contributed by atoms with Crippen LogP contribution in [-0.4, -0.2) is 20.9 Å². The summed E-state index contributed by atoms with van der Waals surface area (Å²) in [7, 11) is -4.00. The average Bonchev–Trinajstić information content (AvgIpc) is 2.83. The summed E-state index contributed by atoms with van der Waals surface area (Å²) in [4.78, 5) is 13.1. The van der Waals surface area contributed by atoms with Crippen LogP contribution in [-0.2, 0) is 21.4 Å². The molecule has 34 heavy (non-hydrogen) atoms. The van der Waals surface area contributed by atoms with E-state index in [0.717, 1.165) is 26.2 Å². The molecule has 0 heterocycles. The van der Waals surface area contributed by atoms with Gasteiger partial charge in [0, 0.05) is 11.6 Å². The van der Waals surface area contributed by atoms with Crippen LogP contribution in [0.25, 0.3) is 10.8 Å². The fraction of sp³-hybridized carbons (Fsp3) is 0.148. The van der Waals surface area contributed by atoms with Crippen LogP contribution >= 0.6 is 11.6 Å². The smallest absolute Gasteiger partial charge is 0.264 e. The summed E-state index contributed by atoms with van der Waals surface area (Å²) in [6.45, 7) is 3.59. The zero-order valence-corrected chi connectivity index (χ0v) is 20.5. The first-order chi connectivity index (χ1) is 16.2. The maximum absolute atomic E-state index is 13.6. The van der Waals surface area contributed by atoms with Crippen molar-refractivity contribution >= 4 is 44.0 Å². The first-order valence-corrected chi connectivity index (χ1v) is 12.7. The molecule has 4 aromatic carbocycles. The van der Waals surface area contributed by atoms with Gasteiger partial charge in [-0.1, -0.05) is 71.8 Å². The Morgan fingerprint density at radius 3 is 2.32 bits per heavy atom. The van der Waals surface area contributed by atoms with Crippen molar-refractivity contribution in [1.82, 2.24) is 5.32 Å². The van der Waals surface area contributed by atoms with E-state index in [1.807, 2.05) is 49.4 Å². The first-order valence-electron chi connectivity index (χ1n) is 10.8. The van der Waals surface area contributed by atoms with Gasteiger partial charge in [0.05, 0.1) is 10.6 Å². The topological polar surface area (TPSA) is 66.5 Å². The summed E-state index contributed by atoms with van der Waals surface area (Å²) in [5.74, 6) is -0.414. The van der Waals surface area contributed by atoms with E-state index in [2.05, 4.69) is 5.32 Å². The number of fused-ring (bicyclic) bond motifs is 1.